The standard InChI is InChI=1S/C10H18ClN3O/c1-3-5-7-15-8-6-14-9(4-2)12-13-10(14)11/h3-8H2,1-2H3. The third kappa shape index (κ3) is 3.80. The van der Waals surface area contributed by atoms with E-state index in [4.69, 9.17) is 16.3 Å². The first-order chi connectivity index (χ1) is 7.29. The van der Waals surface area contributed by atoms with Crippen molar-refractivity contribution in [3.8, 4) is 0 Å². The van der Waals surface area contributed by atoms with Crippen LogP contribution in [0.1, 0.15) is 32.5 Å². The maximum atomic E-state index is 5.90. The number of hydrogen-bond donors (Lipinski definition) is 0. The topological polar surface area (TPSA) is 39.9 Å². The summed E-state index contributed by atoms with van der Waals surface area (Å²) in [7, 11) is 0. The maximum absolute atomic E-state index is 5.90. The van der Waals surface area contributed by atoms with Crippen molar-refractivity contribution in [2.24, 2.45) is 0 Å². The molecule has 0 spiro atoms. The van der Waals surface area contributed by atoms with Crippen molar-refractivity contribution in [1.82, 2.24) is 14.8 Å². The Morgan fingerprint density at radius 2 is 2.07 bits per heavy atom. The van der Waals surface area contributed by atoms with Gasteiger partial charge >= 0.3 is 0 Å². The van der Waals surface area contributed by atoms with E-state index in [1.54, 1.807) is 0 Å². The Hall–Kier alpha value is -0.610. The lowest BCUT2D eigenvalue weighted by Gasteiger charge is -2.07. The van der Waals surface area contributed by atoms with Crippen molar-refractivity contribution >= 4 is 11.6 Å². The summed E-state index contributed by atoms with van der Waals surface area (Å²) in [4.78, 5) is 0. The lowest BCUT2D eigenvalue weighted by atomic mass is 10.4. The Labute approximate surface area is 95.6 Å². The van der Waals surface area contributed by atoms with Gasteiger partial charge in [-0.1, -0.05) is 20.3 Å². The summed E-state index contributed by atoms with van der Waals surface area (Å²) in [5, 5.41) is 8.25. The highest BCUT2D eigenvalue weighted by Crippen LogP contribution is 2.08. The molecule has 0 aliphatic carbocycles. The van der Waals surface area contributed by atoms with Crippen LogP contribution in [0.3, 0.4) is 0 Å². The number of aryl methyl sites for hydroxylation is 1. The van der Waals surface area contributed by atoms with Crippen LogP contribution in [0, 0.1) is 0 Å². The molecule has 0 saturated heterocycles. The second kappa shape index (κ2) is 6.80. The van der Waals surface area contributed by atoms with Crippen LogP contribution in [0.25, 0.3) is 0 Å². The third-order valence-corrected chi connectivity index (χ3v) is 2.48. The van der Waals surface area contributed by atoms with Crippen LogP contribution < -0.4 is 0 Å². The number of halogens is 1. The molecular weight excluding hydrogens is 214 g/mol. The molecule has 15 heavy (non-hydrogen) atoms. The van der Waals surface area contributed by atoms with Crippen LogP contribution in [0.5, 0.6) is 0 Å². The van der Waals surface area contributed by atoms with Crippen LogP contribution in [0.4, 0.5) is 0 Å². The lowest BCUT2D eigenvalue weighted by molar-refractivity contribution is 0.123. The average Bonchev–Trinajstić information content (AvgIpc) is 2.60. The number of ether oxygens (including phenoxy) is 1. The highest BCUT2D eigenvalue weighted by atomic mass is 35.5. The third-order valence-electron chi connectivity index (χ3n) is 2.20. The lowest BCUT2D eigenvalue weighted by Crippen LogP contribution is -2.09. The Morgan fingerprint density at radius 3 is 2.73 bits per heavy atom. The van der Waals surface area contributed by atoms with Gasteiger partial charge in [0.1, 0.15) is 5.82 Å². The summed E-state index contributed by atoms with van der Waals surface area (Å²) in [5.74, 6) is 0.916. The summed E-state index contributed by atoms with van der Waals surface area (Å²) < 4.78 is 7.36. The molecule has 0 radical (unpaired) electrons. The average molecular weight is 232 g/mol. The second-order valence-corrected chi connectivity index (χ2v) is 3.69. The van der Waals surface area contributed by atoms with E-state index in [2.05, 4.69) is 17.1 Å². The molecule has 0 aliphatic heterocycles. The zero-order valence-corrected chi connectivity index (χ0v) is 10.1. The molecule has 5 heteroatoms. The maximum Gasteiger partial charge on any atom is 0.225 e. The van der Waals surface area contributed by atoms with Gasteiger partial charge in [0.15, 0.2) is 0 Å². The Bertz CT molecular complexity index is 288. The van der Waals surface area contributed by atoms with E-state index in [0.717, 1.165) is 38.2 Å². The van der Waals surface area contributed by atoms with E-state index < -0.39 is 0 Å². The van der Waals surface area contributed by atoms with Crippen molar-refractivity contribution in [3.05, 3.63) is 11.1 Å². The van der Waals surface area contributed by atoms with E-state index in [1.807, 2.05) is 11.5 Å². The first kappa shape index (κ1) is 12.5. The molecular formula is C10H18ClN3O. The number of aromatic nitrogens is 3. The van der Waals surface area contributed by atoms with Gasteiger partial charge < -0.3 is 4.74 Å². The quantitative estimate of drug-likeness (QED) is 0.676. The monoisotopic (exact) mass is 231 g/mol. The van der Waals surface area contributed by atoms with Gasteiger partial charge in [0.25, 0.3) is 0 Å². The molecule has 0 saturated carbocycles. The van der Waals surface area contributed by atoms with Gasteiger partial charge in [0.05, 0.1) is 13.2 Å². The minimum Gasteiger partial charge on any atom is -0.380 e. The number of rotatable bonds is 7. The zero-order valence-electron chi connectivity index (χ0n) is 9.37. The van der Waals surface area contributed by atoms with Gasteiger partial charge in [-0.2, -0.15) is 0 Å². The van der Waals surface area contributed by atoms with Crippen LogP contribution in [-0.2, 0) is 17.7 Å². The van der Waals surface area contributed by atoms with Gasteiger partial charge in [0.2, 0.25) is 5.28 Å². The van der Waals surface area contributed by atoms with E-state index in [-0.39, 0.29) is 0 Å². The predicted molar refractivity (Wildman–Crippen MR) is 60.1 cm³/mol. The molecule has 0 fully saturated rings. The van der Waals surface area contributed by atoms with Crippen LogP contribution in [0.2, 0.25) is 5.28 Å². The van der Waals surface area contributed by atoms with Crippen molar-refractivity contribution in [3.63, 3.8) is 0 Å². The van der Waals surface area contributed by atoms with E-state index >= 15 is 0 Å². The molecule has 0 atom stereocenters. The van der Waals surface area contributed by atoms with Crippen LogP contribution in [0.15, 0.2) is 0 Å². The van der Waals surface area contributed by atoms with Gasteiger partial charge in [-0.3, -0.25) is 4.57 Å². The van der Waals surface area contributed by atoms with Gasteiger partial charge in [-0.25, -0.2) is 0 Å². The fourth-order valence-corrected chi connectivity index (χ4v) is 1.52. The minimum atomic E-state index is 0.450. The van der Waals surface area contributed by atoms with Crippen molar-refractivity contribution in [1.29, 1.82) is 0 Å². The first-order valence-electron chi connectivity index (χ1n) is 5.44. The zero-order chi connectivity index (χ0) is 11.1. The summed E-state index contributed by atoms with van der Waals surface area (Å²) in [6.07, 6.45) is 3.11. The summed E-state index contributed by atoms with van der Waals surface area (Å²) in [6, 6.07) is 0. The number of nitrogens with zero attached hydrogens (tertiary/aromatic N) is 3. The molecule has 4 nitrogen and oxygen atoms in total. The normalized spacial score (nSPS) is 10.9. The van der Waals surface area contributed by atoms with Crippen molar-refractivity contribution in [2.75, 3.05) is 13.2 Å². The highest BCUT2D eigenvalue weighted by Gasteiger charge is 2.07. The SMILES string of the molecule is CCCCOCCn1c(Cl)nnc1CC. The van der Waals surface area contributed by atoms with E-state index in [9.17, 15) is 0 Å². The van der Waals surface area contributed by atoms with Gasteiger partial charge in [-0.15, -0.1) is 10.2 Å². The minimum absolute atomic E-state index is 0.450. The molecule has 0 aromatic carbocycles. The van der Waals surface area contributed by atoms with E-state index in [1.165, 1.54) is 0 Å². The molecule has 0 unspecified atom stereocenters. The van der Waals surface area contributed by atoms with Crippen LogP contribution >= 0.6 is 11.6 Å². The van der Waals surface area contributed by atoms with Crippen molar-refractivity contribution < 1.29 is 4.74 Å². The Morgan fingerprint density at radius 1 is 1.27 bits per heavy atom. The molecule has 0 amide bonds. The summed E-state index contributed by atoms with van der Waals surface area (Å²) in [6.45, 7) is 6.41. The summed E-state index contributed by atoms with van der Waals surface area (Å²) in [5.41, 5.74) is 0. The van der Waals surface area contributed by atoms with Crippen molar-refractivity contribution in [2.45, 2.75) is 39.7 Å². The first-order valence-corrected chi connectivity index (χ1v) is 5.82. The molecule has 0 N–H and O–H groups in total. The fraction of sp³-hybridized carbons (Fsp3) is 0.800. The second-order valence-electron chi connectivity index (χ2n) is 3.36. The largest absolute Gasteiger partial charge is 0.380 e. The smallest absolute Gasteiger partial charge is 0.225 e. The summed E-state index contributed by atoms with van der Waals surface area (Å²) >= 11 is 5.90. The van der Waals surface area contributed by atoms with E-state index in [0.29, 0.717) is 11.9 Å². The fourth-order valence-electron chi connectivity index (χ4n) is 1.30. The van der Waals surface area contributed by atoms with Crippen LogP contribution in [-0.4, -0.2) is 28.0 Å². The molecule has 1 heterocycles. The molecule has 0 bridgehead atoms. The molecule has 86 valence electrons. The predicted octanol–water partition coefficient (Wildman–Crippen LogP) is 2.31. The van der Waals surface area contributed by atoms with Gasteiger partial charge in [-0.05, 0) is 18.0 Å². The Balaban J connectivity index is 2.33. The number of unbranched alkanes of at least 4 members (excludes halogenated alkanes) is 1. The molecule has 1 aromatic rings. The highest BCUT2D eigenvalue weighted by molar-refractivity contribution is 6.28. The van der Waals surface area contributed by atoms with Gasteiger partial charge in [0, 0.05) is 13.0 Å². The number of hydrogen-bond acceptors (Lipinski definition) is 3. The molecule has 1 rings (SSSR count). The Kier molecular flexibility index (Phi) is 5.65. The molecule has 0 aliphatic rings. The molecule has 1 aromatic heterocycles.